The summed E-state index contributed by atoms with van der Waals surface area (Å²) in [5.74, 6) is 0.843. The summed E-state index contributed by atoms with van der Waals surface area (Å²) in [6.07, 6.45) is 3.59. The van der Waals surface area contributed by atoms with E-state index >= 15 is 0 Å². The lowest BCUT2D eigenvalue weighted by atomic mass is 10.2. The molecule has 0 atom stereocenters. The van der Waals surface area contributed by atoms with Gasteiger partial charge in [-0.05, 0) is 19.9 Å². The van der Waals surface area contributed by atoms with Crippen molar-refractivity contribution >= 4 is 5.82 Å². The Kier molecular flexibility index (Phi) is 4.31. The zero-order valence-corrected chi connectivity index (χ0v) is 9.35. The van der Waals surface area contributed by atoms with Crippen LogP contribution in [0.3, 0.4) is 0 Å². The molecule has 82 valence electrons. The first-order valence-corrected chi connectivity index (χ1v) is 5.13. The number of aliphatic hydroxyl groups excluding tert-OH is 1. The molecule has 1 N–H and O–H groups in total. The Morgan fingerprint density at radius 2 is 2.33 bits per heavy atom. The molecule has 1 rings (SSSR count). The van der Waals surface area contributed by atoms with Crippen LogP contribution < -0.4 is 4.90 Å². The van der Waals surface area contributed by atoms with Gasteiger partial charge in [-0.3, -0.25) is 0 Å². The molecule has 0 unspecified atom stereocenters. The summed E-state index contributed by atoms with van der Waals surface area (Å²) in [6, 6.07) is 4.06. The molecule has 1 heterocycles. The largest absolute Gasteiger partial charge is 0.392 e. The summed E-state index contributed by atoms with van der Waals surface area (Å²) in [5.41, 5.74) is 0.855. The number of rotatable bonds is 5. The van der Waals surface area contributed by atoms with Crippen molar-refractivity contribution in [2.75, 3.05) is 11.4 Å². The Hall–Kier alpha value is -1.35. The first-order valence-electron chi connectivity index (χ1n) is 5.13. The highest BCUT2D eigenvalue weighted by Gasteiger charge is 2.13. The van der Waals surface area contributed by atoms with Crippen LogP contribution in [-0.2, 0) is 6.61 Å². The molecule has 0 radical (unpaired) electrons. The van der Waals surface area contributed by atoms with Gasteiger partial charge in [0.15, 0.2) is 0 Å². The second-order valence-electron chi connectivity index (χ2n) is 3.68. The monoisotopic (exact) mass is 206 g/mol. The lowest BCUT2D eigenvalue weighted by Crippen LogP contribution is -2.32. The molecule has 0 aromatic carbocycles. The van der Waals surface area contributed by atoms with E-state index in [1.54, 1.807) is 6.20 Å². The summed E-state index contributed by atoms with van der Waals surface area (Å²) >= 11 is 0. The third-order valence-corrected chi connectivity index (χ3v) is 2.26. The number of hydrogen-bond acceptors (Lipinski definition) is 3. The van der Waals surface area contributed by atoms with E-state index < -0.39 is 0 Å². The lowest BCUT2D eigenvalue weighted by molar-refractivity contribution is 0.281. The molecule has 0 saturated heterocycles. The van der Waals surface area contributed by atoms with Crippen molar-refractivity contribution in [2.24, 2.45) is 0 Å². The highest BCUT2D eigenvalue weighted by molar-refractivity contribution is 5.47. The molecule has 0 aliphatic carbocycles. The predicted octanol–water partition coefficient (Wildman–Crippen LogP) is 1.97. The normalized spacial score (nSPS) is 10.4. The molecule has 1 aromatic rings. The van der Waals surface area contributed by atoms with Crippen molar-refractivity contribution in [3.63, 3.8) is 0 Å². The Morgan fingerprint density at radius 3 is 2.87 bits per heavy atom. The number of anilines is 1. The van der Waals surface area contributed by atoms with Gasteiger partial charge in [0.1, 0.15) is 5.82 Å². The lowest BCUT2D eigenvalue weighted by Gasteiger charge is -2.28. The van der Waals surface area contributed by atoms with Crippen LogP contribution in [0.4, 0.5) is 5.82 Å². The van der Waals surface area contributed by atoms with Gasteiger partial charge >= 0.3 is 0 Å². The van der Waals surface area contributed by atoms with Gasteiger partial charge in [-0.1, -0.05) is 12.1 Å². The van der Waals surface area contributed by atoms with E-state index in [4.69, 9.17) is 0 Å². The van der Waals surface area contributed by atoms with Crippen LogP contribution in [0, 0.1) is 0 Å². The minimum absolute atomic E-state index is 0.0174. The summed E-state index contributed by atoms with van der Waals surface area (Å²) in [5, 5.41) is 9.22. The molecule has 0 bridgehead atoms. The minimum atomic E-state index is 0.0174. The molecular formula is C12H18N2O. The fourth-order valence-electron chi connectivity index (χ4n) is 1.49. The second kappa shape index (κ2) is 5.51. The Balaban J connectivity index is 3.03. The van der Waals surface area contributed by atoms with Gasteiger partial charge in [-0.15, -0.1) is 6.58 Å². The van der Waals surface area contributed by atoms with E-state index in [9.17, 15) is 5.11 Å². The number of hydrogen-bond donors (Lipinski definition) is 1. The fraction of sp³-hybridized carbons (Fsp3) is 0.417. The van der Waals surface area contributed by atoms with Crippen LogP contribution >= 0.6 is 0 Å². The second-order valence-corrected chi connectivity index (χ2v) is 3.68. The van der Waals surface area contributed by atoms with Gasteiger partial charge in [0.05, 0.1) is 6.61 Å². The molecule has 0 spiro atoms. The number of nitrogens with zero attached hydrogens (tertiary/aromatic N) is 2. The summed E-state index contributed by atoms with van der Waals surface area (Å²) in [4.78, 5) is 6.42. The van der Waals surface area contributed by atoms with Gasteiger partial charge in [-0.25, -0.2) is 4.98 Å². The molecule has 3 heteroatoms. The zero-order valence-electron chi connectivity index (χ0n) is 9.35. The third kappa shape index (κ3) is 2.80. The van der Waals surface area contributed by atoms with E-state index in [1.807, 2.05) is 18.2 Å². The Labute approximate surface area is 91.1 Å². The van der Waals surface area contributed by atoms with Crippen LogP contribution in [0.1, 0.15) is 19.4 Å². The smallest absolute Gasteiger partial charge is 0.134 e. The average Bonchev–Trinajstić information content (AvgIpc) is 2.25. The van der Waals surface area contributed by atoms with Crippen LogP contribution in [0.5, 0.6) is 0 Å². The maximum absolute atomic E-state index is 9.22. The first-order chi connectivity index (χ1) is 7.20. The van der Waals surface area contributed by atoms with Crippen molar-refractivity contribution in [2.45, 2.75) is 26.5 Å². The quantitative estimate of drug-likeness (QED) is 0.748. The van der Waals surface area contributed by atoms with Crippen LogP contribution in [0.2, 0.25) is 0 Å². The maximum Gasteiger partial charge on any atom is 0.134 e. The molecule has 15 heavy (non-hydrogen) atoms. The topological polar surface area (TPSA) is 36.4 Å². The van der Waals surface area contributed by atoms with Crippen molar-refractivity contribution < 1.29 is 5.11 Å². The van der Waals surface area contributed by atoms with Crippen LogP contribution in [0.15, 0.2) is 31.0 Å². The Bertz CT molecular complexity index is 323. The first kappa shape index (κ1) is 11.7. The van der Waals surface area contributed by atoms with Crippen molar-refractivity contribution in [3.8, 4) is 0 Å². The third-order valence-electron chi connectivity index (χ3n) is 2.26. The molecular weight excluding hydrogens is 188 g/mol. The summed E-state index contributed by atoms with van der Waals surface area (Å²) in [6.45, 7) is 8.68. The molecule has 0 amide bonds. The summed E-state index contributed by atoms with van der Waals surface area (Å²) in [7, 11) is 0. The van der Waals surface area contributed by atoms with Crippen molar-refractivity contribution in [1.29, 1.82) is 0 Å². The van der Waals surface area contributed by atoms with Crippen LogP contribution in [-0.4, -0.2) is 22.7 Å². The molecule has 3 nitrogen and oxygen atoms in total. The minimum Gasteiger partial charge on any atom is -0.392 e. The number of aromatic nitrogens is 1. The van der Waals surface area contributed by atoms with E-state index in [2.05, 4.69) is 30.3 Å². The zero-order chi connectivity index (χ0) is 11.3. The summed E-state index contributed by atoms with van der Waals surface area (Å²) < 4.78 is 0. The highest BCUT2D eigenvalue weighted by Crippen LogP contribution is 2.19. The van der Waals surface area contributed by atoms with E-state index in [0.29, 0.717) is 6.04 Å². The van der Waals surface area contributed by atoms with Crippen LogP contribution in [0.25, 0.3) is 0 Å². The van der Waals surface area contributed by atoms with Crippen molar-refractivity contribution in [3.05, 3.63) is 36.5 Å². The predicted molar refractivity (Wildman–Crippen MR) is 62.8 cm³/mol. The standard InChI is InChI=1S/C12H18N2O/c1-4-8-14(10(2)3)12-11(9-15)6-5-7-13-12/h4-7,10,15H,1,8-9H2,2-3H3. The molecule has 0 fully saturated rings. The SMILES string of the molecule is C=CCN(c1ncccc1CO)C(C)C. The molecule has 1 aromatic heterocycles. The van der Waals surface area contributed by atoms with Gasteiger partial charge in [0.2, 0.25) is 0 Å². The maximum atomic E-state index is 9.22. The molecule has 0 saturated carbocycles. The van der Waals surface area contributed by atoms with Gasteiger partial charge < -0.3 is 10.0 Å². The molecule has 0 aliphatic heterocycles. The number of aliphatic hydroxyl groups is 1. The number of pyridine rings is 1. The molecule has 0 aliphatic rings. The highest BCUT2D eigenvalue weighted by atomic mass is 16.3. The van der Waals surface area contributed by atoms with Gasteiger partial charge in [0, 0.05) is 24.3 Å². The average molecular weight is 206 g/mol. The van der Waals surface area contributed by atoms with E-state index in [0.717, 1.165) is 17.9 Å². The van der Waals surface area contributed by atoms with Gasteiger partial charge in [-0.2, -0.15) is 0 Å². The van der Waals surface area contributed by atoms with Crippen molar-refractivity contribution in [1.82, 2.24) is 4.98 Å². The Morgan fingerprint density at radius 1 is 1.60 bits per heavy atom. The fourth-order valence-corrected chi connectivity index (χ4v) is 1.49. The van der Waals surface area contributed by atoms with E-state index in [1.165, 1.54) is 0 Å². The van der Waals surface area contributed by atoms with E-state index in [-0.39, 0.29) is 6.61 Å². The van der Waals surface area contributed by atoms with Gasteiger partial charge in [0.25, 0.3) is 0 Å².